The van der Waals surface area contributed by atoms with Gasteiger partial charge in [-0.15, -0.1) is 0 Å². The molecular weight excluding hydrogens is 1080 g/mol. The largest absolute Gasteiger partial charge is 0.388 e. The molecule has 462 valence electrons. The summed E-state index contributed by atoms with van der Waals surface area (Å²) in [5.41, 5.74) is -2.98. The molecule has 0 unspecified atom stereocenters. The van der Waals surface area contributed by atoms with Crippen LogP contribution in [0.3, 0.4) is 0 Å². The number of rotatable bonds is 29. The van der Waals surface area contributed by atoms with Crippen molar-refractivity contribution in [2.45, 2.75) is 257 Å². The van der Waals surface area contributed by atoms with Crippen molar-refractivity contribution in [2.75, 3.05) is 23.9 Å². The zero-order valence-electron chi connectivity index (χ0n) is 52.8. The Morgan fingerprint density at radius 3 is 0.800 bits per heavy atom. The lowest BCUT2D eigenvalue weighted by atomic mass is 9.87. The molecule has 0 spiro atoms. The average Bonchev–Trinajstić information content (AvgIpc) is 3.28. The van der Waals surface area contributed by atoms with E-state index in [9.17, 15) is 57.5 Å². The molecule has 0 radical (unpaired) electrons. The smallest absolute Gasteiger partial charge is 0.237 e. The second-order valence-electron chi connectivity index (χ2n) is 26.3. The monoisotopic (exact) mass is 1190 g/mol. The molecule has 0 saturated heterocycles. The van der Waals surface area contributed by atoms with Gasteiger partial charge in [-0.1, -0.05) is 105 Å². The molecule has 0 rings (SSSR count). The van der Waals surface area contributed by atoms with Gasteiger partial charge in [0.25, 0.3) is 0 Å². The lowest BCUT2D eigenvalue weighted by molar-refractivity contribution is -0.133. The number of hydrogen-bond acceptors (Lipinski definition) is 19. The highest BCUT2D eigenvalue weighted by atomic mass is 32.2. The van der Waals surface area contributed by atoms with Gasteiger partial charge in [-0.05, 0) is 102 Å². The lowest BCUT2D eigenvalue weighted by Gasteiger charge is -2.30. The maximum Gasteiger partial charge on any atom is 0.237 e. The fraction of sp³-hybridized carbons (Fsp3) is 0.793. The second kappa shape index (κ2) is 36.8. The molecule has 0 saturated carbocycles. The molecule has 22 heteroatoms. The summed E-state index contributed by atoms with van der Waals surface area (Å²) in [5.74, 6) is -1.01. The van der Waals surface area contributed by atoms with Crippen molar-refractivity contribution < 1.29 is 62.6 Å². The van der Waals surface area contributed by atoms with Gasteiger partial charge in [0.2, 0.25) is 22.8 Å². The topological polar surface area (TPSA) is 297 Å². The van der Waals surface area contributed by atoms with Crippen molar-refractivity contribution >= 4 is 103 Å². The third-order valence-corrected chi connectivity index (χ3v) is 13.9. The number of thioether (sulfide) groups is 3. The summed E-state index contributed by atoms with van der Waals surface area (Å²) in [4.78, 5) is 145. The van der Waals surface area contributed by atoms with E-state index in [4.69, 9.17) is 5.11 Å². The molecule has 19 nitrogen and oxygen atoms in total. The van der Waals surface area contributed by atoms with E-state index in [2.05, 4.69) is 31.9 Å². The van der Waals surface area contributed by atoms with Crippen molar-refractivity contribution in [1.82, 2.24) is 31.9 Å². The SMILES string of the molecule is CC(=O)CC[C@H](NC(C)(C)C)C(=O)N[C@@H](CSC(=O)CO)C(=O)C(C)(C)C.CC(=O)CC[C@H](NC(C)(C)C)C(=O)N[C@@H](CSC(C)=O)C(=O)C(C)(C)C.CCC(=O)SC[C@H](NC(=O)[C@H](CCC(C)=O)NC(C)(C)C)C(=O)C(C)(C)C. The van der Waals surface area contributed by atoms with Crippen LogP contribution in [0, 0.1) is 16.2 Å². The third-order valence-electron chi connectivity index (χ3n) is 10.9. The average molecular weight is 1190 g/mol. The number of nitrogens with one attached hydrogen (secondary N) is 6. The van der Waals surface area contributed by atoms with Crippen LogP contribution >= 0.6 is 35.3 Å². The van der Waals surface area contributed by atoms with Crippen LogP contribution < -0.4 is 31.9 Å². The molecule has 0 aromatic rings. The summed E-state index contributed by atoms with van der Waals surface area (Å²) in [5, 5.41) is 26.2. The first-order valence-electron chi connectivity index (χ1n) is 27.4. The molecule has 0 aliphatic carbocycles. The van der Waals surface area contributed by atoms with E-state index in [1.165, 1.54) is 27.7 Å². The van der Waals surface area contributed by atoms with E-state index in [1.807, 2.05) is 62.3 Å². The van der Waals surface area contributed by atoms with Gasteiger partial charge in [-0.25, -0.2) is 0 Å². The molecule has 0 aliphatic heterocycles. The number of ketones is 6. The van der Waals surface area contributed by atoms with Gasteiger partial charge in [0.1, 0.15) is 24.0 Å². The molecule has 0 heterocycles. The molecule has 7 N–H and O–H groups in total. The van der Waals surface area contributed by atoms with Gasteiger partial charge in [0, 0.05) is 82.7 Å². The summed E-state index contributed by atoms with van der Waals surface area (Å²) in [6.45, 7) is 40.3. The van der Waals surface area contributed by atoms with Crippen LogP contribution in [0.25, 0.3) is 0 Å². The van der Waals surface area contributed by atoms with Crippen LogP contribution in [0.4, 0.5) is 0 Å². The van der Waals surface area contributed by atoms with Crippen molar-refractivity contribution in [3.05, 3.63) is 0 Å². The maximum atomic E-state index is 12.9. The molecule has 0 aromatic carbocycles. The van der Waals surface area contributed by atoms with Gasteiger partial charge in [-0.2, -0.15) is 0 Å². The van der Waals surface area contributed by atoms with Gasteiger partial charge >= 0.3 is 0 Å². The quantitative estimate of drug-likeness (QED) is 0.0403. The Morgan fingerprint density at radius 2 is 0.613 bits per heavy atom. The highest BCUT2D eigenvalue weighted by Crippen LogP contribution is 2.23. The Kier molecular flexibility index (Phi) is 37.1. The summed E-state index contributed by atoms with van der Waals surface area (Å²) in [6, 6.07) is -4.17. The molecule has 0 bridgehead atoms. The minimum Gasteiger partial charge on any atom is -0.388 e. The predicted molar refractivity (Wildman–Crippen MR) is 324 cm³/mol. The molecule has 6 atom stereocenters. The van der Waals surface area contributed by atoms with Crippen LogP contribution in [0.2, 0.25) is 0 Å². The van der Waals surface area contributed by atoms with Gasteiger partial charge in [-0.3, -0.25) is 43.2 Å². The highest BCUT2D eigenvalue weighted by molar-refractivity contribution is 8.14. The summed E-state index contributed by atoms with van der Waals surface area (Å²) in [7, 11) is 0. The number of carbonyl (C=O) groups is 12. The summed E-state index contributed by atoms with van der Waals surface area (Å²) < 4.78 is 0. The van der Waals surface area contributed by atoms with Crippen molar-refractivity contribution in [3.8, 4) is 0 Å². The number of aliphatic hydroxyl groups is 1. The van der Waals surface area contributed by atoms with Crippen LogP contribution in [-0.2, 0) is 57.5 Å². The zero-order chi connectivity index (χ0) is 63.5. The zero-order valence-corrected chi connectivity index (χ0v) is 55.3. The standard InChI is InChI=1S/C20H36N2O4S.C19H34N2O5S.C19H34N2O4S/c1-9-16(24)27-12-15(17(25)19(3,4)5)21-18(26)14(11-10-13(2)23)22-20(6,7)8;1-12(23)8-9-13(21-19(5,6)7)17(26)20-14(11-27-15(24)10-22)16(25)18(2,3)4;1-12(22)9-10-14(21-19(6,7)8)17(25)20-15(11-26-13(2)23)16(24)18(3,4)5/h14-15,22H,9-12H2,1-8H3,(H,21,26);13-14,21-22H,8-11H2,1-7H3,(H,20,26);14-15,21H,9-11H2,1-8H3,(H,20,25)/t14-,15-;13-,14-;14-,15-/m000/s1. The first-order valence-corrected chi connectivity index (χ1v) is 30.3. The van der Waals surface area contributed by atoms with Crippen LogP contribution in [0.15, 0.2) is 0 Å². The predicted octanol–water partition coefficient (Wildman–Crippen LogP) is 6.84. The van der Waals surface area contributed by atoms with Crippen molar-refractivity contribution in [2.24, 2.45) is 16.2 Å². The maximum absolute atomic E-state index is 12.9. The molecule has 80 heavy (non-hydrogen) atoms. The highest BCUT2D eigenvalue weighted by Gasteiger charge is 2.37. The molecule has 0 aromatic heterocycles. The summed E-state index contributed by atoms with van der Waals surface area (Å²) >= 11 is 2.90. The first-order chi connectivity index (χ1) is 36.0. The first kappa shape index (κ1) is 80.6. The Balaban J connectivity index is -0.00000111. The second-order valence-corrected chi connectivity index (χ2v) is 29.6. The number of hydrogen-bond donors (Lipinski definition) is 7. The Morgan fingerprint density at radius 1 is 0.375 bits per heavy atom. The molecule has 0 fully saturated rings. The van der Waals surface area contributed by atoms with E-state index in [1.54, 1.807) is 69.2 Å². The molecule has 3 amide bonds. The Hall–Kier alpha value is -3.67. The van der Waals surface area contributed by atoms with Gasteiger partial charge in [0.15, 0.2) is 27.6 Å². The van der Waals surface area contributed by atoms with Crippen LogP contribution in [0.1, 0.15) is 204 Å². The number of amides is 3. The van der Waals surface area contributed by atoms with E-state index in [0.717, 1.165) is 35.3 Å². The minimum absolute atomic E-state index is 0.00737. The van der Waals surface area contributed by atoms with Crippen LogP contribution in [-0.4, -0.2) is 150 Å². The third kappa shape index (κ3) is 40.5. The van der Waals surface area contributed by atoms with E-state index in [-0.39, 0.29) is 116 Å². The fourth-order valence-corrected chi connectivity index (χ4v) is 9.16. The number of Topliss-reactive ketones (excluding diaryl/α,β-unsaturated/α-hetero) is 6. The Labute approximate surface area is 492 Å². The van der Waals surface area contributed by atoms with E-state index in [0.29, 0.717) is 25.7 Å². The van der Waals surface area contributed by atoms with Crippen LogP contribution in [0.5, 0.6) is 0 Å². The van der Waals surface area contributed by atoms with Gasteiger partial charge < -0.3 is 51.4 Å². The van der Waals surface area contributed by atoms with Gasteiger partial charge in [0.05, 0.1) is 36.3 Å². The van der Waals surface area contributed by atoms with E-state index < -0.39 is 64.2 Å². The Bertz CT molecular complexity index is 1990. The van der Waals surface area contributed by atoms with E-state index >= 15 is 0 Å². The number of carbonyl (C=O) groups excluding carboxylic acids is 12. The summed E-state index contributed by atoms with van der Waals surface area (Å²) in [6.07, 6.45) is 2.21. The fourth-order valence-electron chi connectivity index (χ4n) is 7.05. The normalized spacial score (nSPS) is 14.4. The number of aliphatic hydroxyl groups excluding tert-OH is 1. The molecular formula is C58H104N6O13S3. The van der Waals surface area contributed by atoms with Crippen molar-refractivity contribution in [1.29, 1.82) is 0 Å². The lowest BCUT2D eigenvalue weighted by Crippen LogP contribution is -2.56. The van der Waals surface area contributed by atoms with Crippen molar-refractivity contribution in [3.63, 3.8) is 0 Å². The molecule has 0 aliphatic rings. The minimum atomic E-state index is -0.861.